The number of halogens is 3. The van der Waals surface area contributed by atoms with Gasteiger partial charge in [0.15, 0.2) is 0 Å². The predicted octanol–water partition coefficient (Wildman–Crippen LogP) is 1.18. The topological polar surface area (TPSA) is 50.2 Å². The fraction of sp³-hybridized carbons (Fsp3) is 0.667. The van der Waals surface area contributed by atoms with Gasteiger partial charge in [0.1, 0.15) is 5.69 Å². The Hall–Kier alpha value is -1.57. The monoisotopic (exact) mass is 290 g/mol. The Morgan fingerprint density at radius 1 is 1.45 bits per heavy atom. The molecule has 0 radical (unpaired) electrons. The van der Waals surface area contributed by atoms with Crippen molar-refractivity contribution < 1.29 is 18.0 Å². The molecular weight excluding hydrogens is 273 g/mol. The third kappa shape index (κ3) is 4.22. The minimum Gasteiger partial charge on any atom is -0.348 e. The second-order valence-corrected chi connectivity index (χ2v) is 5.06. The van der Waals surface area contributed by atoms with Crippen LogP contribution in [0.5, 0.6) is 0 Å². The van der Waals surface area contributed by atoms with Crippen LogP contribution in [-0.4, -0.2) is 52.2 Å². The van der Waals surface area contributed by atoms with Gasteiger partial charge in [-0.3, -0.25) is 9.69 Å². The van der Waals surface area contributed by atoms with Crippen LogP contribution >= 0.6 is 0 Å². The molecule has 0 bridgehead atoms. The summed E-state index contributed by atoms with van der Waals surface area (Å²) in [7, 11) is 1.76. The van der Waals surface area contributed by atoms with Crippen molar-refractivity contribution in [3.63, 3.8) is 0 Å². The van der Waals surface area contributed by atoms with Gasteiger partial charge in [-0.1, -0.05) is 0 Å². The molecule has 8 heteroatoms. The SMILES string of the molecule is Cn1cnc(C(=O)NC2CCN(CC(F)(F)F)CC2)c1. The maximum absolute atomic E-state index is 12.2. The van der Waals surface area contributed by atoms with Gasteiger partial charge in [-0.25, -0.2) is 4.98 Å². The van der Waals surface area contributed by atoms with Gasteiger partial charge in [-0.05, 0) is 12.8 Å². The zero-order valence-electron chi connectivity index (χ0n) is 11.2. The summed E-state index contributed by atoms with van der Waals surface area (Å²) in [5.74, 6) is -0.278. The van der Waals surface area contributed by atoms with Crippen molar-refractivity contribution in [1.82, 2.24) is 19.8 Å². The number of nitrogens with zero attached hydrogens (tertiary/aromatic N) is 3. The minimum atomic E-state index is -4.16. The van der Waals surface area contributed by atoms with E-state index in [1.807, 2.05) is 0 Å². The molecule has 0 unspecified atom stereocenters. The number of imidazole rings is 1. The minimum absolute atomic E-state index is 0.0889. The quantitative estimate of drug-likeness (QED) is 0.909. The molecular formula is C12H17F3N4O. The first kappa shape index (κ1) is 14.8. The molecule has 0 aromatic carbocycles. The largest absolute Gasteiger partial charge is 0.401 e. The average molecular weight is 290 g/mol. The van der Waals surface area contributed by atoms with E-state index < -0.39 is 12.7 Å². The number of hydrogen-bond donors (Lipinski definition) is 1. The van der Waals surface area contributed by atoms with Crippen molar-refractivity contribution in [2.75, 3.05) is 19.6 Å². The van der Waals surface area contributed by atoms with Crippen LogP contribution in [0.3, 0.4) is 0 Å². The van der Waals surface area contributed by atoms with Crippen LogP contribution in [-0.2, 0) is 7.05 Å². The second-order valence-electron chi connectivity index (χ2n) is 5.06. The van der Waals surface area contributed by atoms with Crippen molar-refractivity contribution in [1.29, 1.82) is 0 Å². The third-order valence-corrected chi connectivity index (χ3v) is 3.26. The maximum Gasteiger partial charge on any atom is 0.401 e. The van der Waals surface area contributed by atoms with E-state index in [-0.39, 0.29) is 11.9 Å². The van der Waals surface area contributed by atoms with Crippen molar-refractivity contribution in [3.05, 3.63) is 18.2 Å². The smallest absolute Gasteiger partial charge is 0.348 e. The molecule has 112 valence electrons. The number of hydrogen-bond acceptors (Lipinski definition) is 3. The molecule has 1 N–H and O–H groups in total. The highest BCUT2D eigenvalue weighted by Crippen LogP contribution is 2.19. The molecule has 5 nitrogen and oxygen atoms in total. The summed E-state index contributed by atoms with van der Waals surface area (Å²) < 4.78 is 38.4. The Morgan fingerprint density at radius 3 is 2.60 bits per heavy atom. The Balaban J connectivity index is 1.78. The molecule has 1 aliphatic rings. The number of alkyl halides is 3. The highest BCUT2D eigenvalue weighted by Gasteiger charge is 2.32. The van der Waals surface area contributed by atoms with Crippen LogP contribution in [0.25, 0.3) is 0 Å². The molecule has 0 atom stereocenters. The molecule has 1 aromatic heterocycles. The predicted molar refractivity (Wildman–Crippen MR) is 66.2 cm³/mol. The lowest BCUT2D eigenvalue weighted by molar-refractivity contribution is -0.148. The molecule has 1 saturated heterocycles. The van der Waals surface area contributed by atoms with Gasteiger partial charge in [0.05, 0.1) is 12.9 Å². The third-order valence-electron chi connectivity index (χ3n) is 3.26. The summed E-state index contributed by atoms with van der Waals surface area (Å²) in [6, 6.07) is -0.0889. The molecule has 0 saturated carbocycles. The number of amides is 1. The van der Waals surface area contributed by atoms with Gasteiger partial charge >= 0.3 is 6.18 Å². The summed E-state index contributed by atoms with van der Waals surface area (Å²) in [5.41, 5.74) is 0.324. The highest BCUT2D eigenvalue weighted by atomic mass is 19.4. The maximum atomic E-state index is 12.2. The molecule has 20 heavy (non-hydrogen) atoms. The van der Waals surface area contributed by atoms with Gasteiger partial charge in [-0.15, -0.1) is 0 Å². The van der Waals surface area contributed by atoms with Crippen molar-refractivity contribution >= 4 is 5.91 Å². The zero-order chi connectivity index (χ0) is 14.8. The van der Waals surface area contributed by atoms with Gasteiger partial charge in [0, 0.05) is 32.4 Å². The Labute approximate surface area is 114 Å². The summed E-state index contributed by atoms with van der Waals surface area (Å²) in [6.07, 6.45) is 0.0162. The first-order valence-corrected chi connectivity index (χ1v) is 6.41. The fourth-order valence-corrected chi connectivity index (χ4v) is 2.28. The van der Waals surface area contributed by atoms with Crippen LogP contribution in [0, 0.1) is 0 Å². The van der Waals surface area contributed by atoms with E-state index in [1.54, 1.807) is 17.8 Å². The van der Waals surface area contributed by atoms with Crippen molar-refractivity contribution in [2.45, 2.75) is 25.1 Å². The zero-order valence-corrected chi connectivity index (χ0v) is 11.2. The number of piperidine rings is 1. The standard InChI is InChI=1S/C12H17F3N4O/c1-18-6-10(16-8-18)11(20)17-9-2-4-19(5-3-9)7-12(13,14)15/h6,8-9H,2-5,7H2,1H3,(H,17,20). The van der Waals surface area contributed by atoms with E-state index in [9.17, 15) is 18.0 Å². The van der Waals surface area contributed by atoms with E-state index in [4.69, 9.17) is 0 Å². The number of carbonyl (C=O) groups is 1. The second kappa shape index (κ2) is 5.82. The number of rotatable bonds is 3. The van der Waals surface area contributed by atoms with E-state index >= 15 is 0 Å². The van der Waals surface area contributed by atoms with Gasteiger partial charge < -0.3 is 9.88 Å². The van der Waals surface area contributed by atoms with E-state index in [1.165, 1.54) is 11.2 Å². The van der Waals surface area contributed by atoms with E-state index in [0.717, 1.165) is 0 Å². The number of aromatic nitrogens is 2. The lowest BCUT2D eigenvalue weighted by Crippen LogP contribution is -2.47. The normalized spacial score (nSPS) is 18.2. The van der Waals surface area contributed by atoms with Crippen LogP contribution < -0.4 is 5.32 Å². The number of likely N-dealkylation sites (tertiary alicyclic amines) is 1. The summed E-state index contributed by atoms with van der Waals surface area (Å²) in [4.78, 5) is 17.2. The molecule has 0 spiro atoms. The van der Waals surface area contributed by atoms with E-state index in [0.29, 0.717) is 31.6 Å². The molecule has 1 aromatic rings. The van der Waals surface area contributed by atoms with Gasteiger partial charge in [0.2, 0.25) is 0 Å². The number of aryl methyl sites for hydroxylation is 1. The van der Waals surface area contributed by atoms with Crippen molar-refractivity contribution in [3.8, 4) is 0 Å². The molecule has 2 heterocycles. The summed E-state index contributed by atoms with van der Waals surface area (Å²) >= 11 is 0. The van der Waals surface area contributed by atoms with Crippen LogP contribution in [0.2, 0.25) is 0 Å². The number of carbonyl (C=O) groups excluding carboxylic acids is 1. The Kier molecular flexibility index (Phi) is 4.32. The van der Waals surface area contributed by atoms with Gasteiger partial charge in [-0.2, -0.15) is 13.2 Å². The molecule has 2 rings (SSSR count). The Morgan fingerprint density at radius 2 is 2.10 bits per heavy atom. The lowest BCUT2D eigenvalue weighted by Gasteiger charge is -2.32. The summed E-state index contributed by atoms with van der Waals surface area (Å²) in [6.45, 7) is -0.201. The van der Waals surface area contributed by atoms with Gasteiger partial charge in [0.25, 0.3) is 5.91 Å². The van der Waals surface area contributed by atoms with Crippen LogP contribution in [0.4, 0.5) is 13.2 Å². The molecule has 1 fully saturated rings. The van der Waals surface area contributed by atoms with Crippen LogP contribution in [0.1, 0.15) is 23.3 Å². The first-order chi connectivity index (χ1) is 9.33. The molecule has 1 aliphatic heterocycles. The fourth-order valence-electron chi connectivity index (χ4n) is 2.28. The highest BCUT2D eigenvalue weighted by molar-refractivity contribution is 5.92. The lowest BCUT2D eigenvalue weighted by atomic mass is 10.0. The number of nitrogens with one attached hydrogen (secondary N) is 1. The molecule has 1 amide bonds. The van der Waals surface area contributed by atoms with Crippen LogP contribution in [0.15, 0.2) is 12.5 Å². The first-order valence-electron chi connectivity index (χ1n) is 6.41. The average Bonchev–Trinajstić information content (AvgIpc) is 2.77. The molecule has 0 aliphatic carbocycles. The van der Waals surface area contributed by atoms with Crippen molar-refractivity contribution in [2.24, 2.45) is 7.05 Å². The van der Waals surface area contributed by atoms with E-state index in [2.05, 4.69) is 10.3 Å². The summed E-state index contributed by atoms with van der Waals surface area (Å²) in [5, 5.41) is 2.81. The Bertz CT molecular complexity index is 464.